The molecule has 2 rings (SSSR count). The Morgan fingerprint density at radius 2 is 2.19 bits per heavy atom. The molecule has 1 aromatic carbocycles. The molecule has 88 valence electrons. The highest BCUT2D eigenvalue weighted by Gasteiger charge is 2.21. The summed E-state index contributed by atoms with van der Waals surface area (Å²) >= 11 is 0. The van der Waals surface area contributed by atoms with E-state index in [-0.39, 0.29) is 0 Å². The van der Waals surface area contributed by atoms with Gasteiger partial charge in [-0.05, 0) is 25.8 Å². The number of benzene rings is 1. The van der Waals surface area contributed by atoms with Gasteiger partial charge in [-0.3, -0.25) is 0 Å². The zero-order valence-electron chi connectivity index (χ0n) is 10.2. The first kappa shape index (κ1) is 11.3. The van der Waals surface area contributed by atoms with Crippen LogP contribution in [0.2, 0.25) is 0 Å². The van der Waals surface area contributed by atoms with Crippen molar-refractivity contribution in [2.45, 2.75) is 25.9 Å². The number of fused-ring (bicyclic) bond motifs is 1. The Bertz CT molecular complexity index is 373. The van der Waals surface area contributed by atoms with Gasteiger partial charge in [-0.1, -0.05) is 6.07 Å². The van der Waals surface area contributed by atoms with E-state index in [9.17, 15) is 5.11 Å². The van der Waals surface area contributed by atoms with Crippen LogP contribution in [0.1, 0.15) is 30.6 Å². The first-order chi connectivity index (χ1) is 7.65. The fourth-order valence-electron chi connectivity index (χ4n) is 2.42. The molecule has 3 nitrogen and oxygen atoms in total. The maximum absolute atomic E-state index is 9.71. The van der Waals surface area contributed by atoms with E-state index in [4.69, 9.17) is 4.74 Å². The molecule has 0 aromatic heterocycles. The number of aliphatic hydroxyl groups excluding tert-OH is 1. The van der Waals surface area contributed by atoms with Gasteiger partial charge in [-0.25, -0.2) is 0 Å². The highest BCUT2D eigenvalue weighted by molar-refractivity contribution is 5.63. The van der Waals surface area contributed by atoms with E-state index in [2.05, 4.69) is 18.0 Å². The predicted molar refractivity (Wildman–Crippen MR) is 65.2 cm³/mol. The van der Waals surface area contributed by atoms with Crippen molar-refractivity contribution in [3.8, 4) is 5.75 Å². The van der Waals surface area contributed by atoms with E-state index < -0.39 is 6.10 Å². The number of nitrogens with zero attached hydrogens (tertiary/aromatic N) is 1. The van der Waals surface area contributed by atoms with E-state index in [0.717, 1.165) is 30.7 Å². The summed E-state index contributed by atoms with van der Waals surface area (Å²) in [7, 11) is 3.77. The highest BCUT2D eigenvalue weighted by Crippen LogP contribution is 2.38. The lowest BCUT2D eigenvalue weighted by atomic mass is 9.96. The molecule has 0 saturated carbocycles. The van der Waals surface area contributed by atoms with E-state index in [1.54, 1.807) is 14.0 Å². The van der Waals surface area contributed by atoms with Crippen molar-refractivity contribution in [1.29, 1.82) is 0 Å². The smallest absolute Gasteiger partial charge is 0.129 e. The summed E-state index contributed by atoms with van der Waals surface area (Å²) in [5, 5.41) is 9.71. The Labute approximate surface area is 96.6 Å². The van der Waals surface area contributed by atoms with Crippen LogP contribution in [0.15, 0.2) is 12.1 Å². The molecule has 0 bridgehead atoms. The number of rotatable bonds is 2. The number of anilines is 1. The summed E-state index contributed by atoms with van der Waals surface area (Å²) in [4.78, 5) is 2.24. The van der Waals surface area contributed by atoms with Gasteiger partial charge in [0.25, 0.3) is 0 Å². The lowest BCUT2D eigenvalue weighted by molar-refractivity contribution is 0.194. The second kappa shape index (κ2) is 4.34. The summed E-state index contributed by atoms with van der Waals surface area (Å²) in [6.07, 6.45) is 1.69. The van der Waals surface area contributed by atoms with Crippen molar-refractivity contribution in [3.63, 3.8) is 0 Å². The third-order valence-electron chi connectivity index (χ3n) is 3.25. The van der Waals surface area contributed by atoms with Crippen LogP contribution in [0.4, 0.5) is 5.69 Å². The lowest BCUT2D eigenvalue weighted by Crippen LogP contribution is -2.25. The summed E-state index contributed by atoms with van der Waals surface area (Å²) < 4.78 is 5.47. The van der Waals surface area contributed by atoms with Crippen LogP contribution in [0.25, 0.3) is 0 Å². The second-order valence-corrected chi connectivity index (χ2v) is 4.39. The normalized spacial score (nSPS) is 16.9. The topological polar surface area (TPSA) is 32.7 Å². The average molecular weight is 221 g/mol. The molecule has 0 saturated heterocycles. The van der Waals surface area contributed by atoms with Crippen LogP contribution in [0.5, 0.6) is 5.75 Å². The van der Waals surface area contributed by atoms with Gasteiger partial charge in [0.1, 0.15) is 5.75 Å². The van der Waals surface area contributed by atoms with Gasteiger partial charge in [0.05, 0.1) is 13.2 Å². The third kappa shape index (κ3) is 1.76. The maximum Gasteiger partial charge on any atom is 0.129 e. The number of aliphatic hydroxyl groups is 1. The first-order valence-corrected chi connectivity index (χ1v) is 5.74. The van der Waals surface area contributed by atoms with Crippen LogP contribution >= 0.6 is 0 Å². The Kier molecular flexibility index (Phi) is 3.06. The number of ether oxygens (including phenoxy) is 1. The fourth-order valence-corrected chi connectivity index (χ4v) is 2.42. The molecule has 1 unspecified atom stereocenters. The van der Waals surface area contributed by atoms with Crippen molar-refractivity contribution in [3.05, 3.63) is 23.3 Å². The first-order valence-electron chi connectivity index (χ1n) is 5.74. The zero-order chi connectivity index (χ0) is 11.7. The molecule has 1 aliphatic rings. The molecule has 16 heavy (non-hydrogen) atoms. The largest absolute Gasteiger partial charge is 0.496 e. The number of hydrogen-bond acceptors (Lipinski definition) is 3. The molecule has 1 atom stereocenters. The fraction of sp³-hybridized carbons (Fsp3) is 0.538. The van der Waals surface area contributed by atoms with Gasteiger partial charge >= 0.3 is 0 Å². The molecule has 3 heteroatoms. The monoisotopic (exact) mass is 221 g/mol. The Hall–Kier alpha value is -1.22. The Morgan fingerprint density at radius 3 is 2.81 bits per heavy atom. The standard InChI is InChI=1S/C13H19NO2/c1-9(15)10-6-7-12-11(13(10)16-3)5-4-8-14(12)2/h6-7,9,15H,4-5,8H2,1-3H3. The number of methoxy groups -OCH3 is 1. The second-order valence-electron chi connectivity index (χ2n) is 4.39. The third-order valence-corrected chi connectivity index (χ3v) is 3.25. The van der Waals surface area contributed by atoms with Crippen LogP contribution in [-0.4, -0.2) is 25.8 Å². The van der Waals surface area contributed by atoms with Crippen molar-refractivity contribution < 1.29 is 9.84 Å². The maximum atomic E-state index is 9.71. The molecule has 0 spiro atoms. The summed E-state index contributed by atoms with van der Waals surface area (Å²) in [5.74, 6) is 0.860. The average Bonchev–Trinajstić information content (AvgIpc) is 2.27. The lowest BCUT2D eigenvalue weighted by Gasteiger charge is -2.30. The van der Waals surface area contributed by atoms with Crippen molar-refractivity contribution >= 4 is 5.69 Å². The van der Waals surface area contributed by atoms with Gasteiger partial charge in [-0.15, -0.1) is 0 Å². The van der Waals surface area contributed by atoms with E-state index >= 15 is 0 Å². The highest BCUT2D eigenvalue weighted by atomic mass is 16.5. The zero-order valence-corrected chi connectivity index (χ0v) is 10.2. The number of hydrogen-bond donors (Lipinski definition) is 1. The van der Waals surface area contributed by atoms with E-state index in [1.807, 2.05) is 6.07 Å². The quantitative estimate of drug-likeness (QED) is 0.830. The Morgan fingerprint density at radius 1 is 1.44 bits per heavy atom. The van der Waals surface area contributed by atoms with Gasteiger partial charge < -0.3 is 14.7 Å². The van der Waals surface area contributed by atoms with Crippen LogP contribution in [0.3, 0.4) is 0 Å². The van der Waals surface area contributed by atoms with E-state index in [1.165, 1.54) is 11.3 Å². The van der Waals surface area contributed by atoms with Crippen molar-refractivity contribution in [1.82, 2.24) is 0 Å². The molecule has 0 radical (unpaired) electrons. The molecule has 1 heterocycles. The minimum Gasteiger partial charge on any atom is -0.496 e. The molecular weight excluding hydrogens is 202 g/mol. The minimum atomic E-state index is -0.479. The van der Waals surface area contributed by atoms with Gasteiger partial charge in [0.15, 0.2) is 0 Å². The summed E-state index contributed by atoms with van der Waals surface area (Å²) in [6.45, 7) is 2.86. The van der Waals surface area contributed by atoms with Crippen molar-refractivity contribution in [2.24, 2.45) is 0 Å². The van der Waals surface area contributed by atoms with Gasteiger partial charge in [0, 0.05) is 30.4 Å². The molecule has 1 N–H and O–H groups in total. The van der Waals surface area contributed by atoms with Crippen LogP contribution in [-0.2, 0) is 6.42 Å². The van der Waals surface area contributed by atoms with Crippen molar-refractivity contribution in [2.75, 3.05) is 25.6 Å². The Balaban J connectivity index is 2.55. The molecule has 1 aromatic rings. The molecule has 0 aliphatic carbocycles. The summed E-state index contributed by atoms with van der Waals surface area (Å²) in [6, 6.07) is 4.04. The summed E-state index contributed by atoms with van der Waals surface area (Å²) in [5.41, 5.74) is 3.35. The van der Waals surface area contributed by atoms with Crippen LogP contribution < -0.4 is 9.64 Å². The predicted octanol–water partition coefficient (Wildman–Crippen LogP) is 2.13. The SMILES string of the molecule is COc1c(C(C)O)ccc2c1CCCN2C. The molecule has 0 amide bonds. The van der Waals surface area contributed by atoms with Crippen LogP contribution in [0, 0.1) is 0 Å². The van der Waals surface area contributed by atoms with Gasteiger partial charge in [0.2, 0.25) is 0 Å². The minimum absolute atomic E-state index is 0.479. The molecular formula is C13H19NO2. The molecule has 1 aliphatic heterocycles. The van der Waals surface area contributed by atoms with Gasteiger partial charge in [-0.2, -0.15) is 0 Å². The van der Waals surface area contributed by atoms with E-state index in [0.29, 0.717) is 0 Å². The molecule has 0 fully saturated rings.